The highest BCUT2D eigenvalue weighted by Crippen LogP contribution is 2.24. The Morgan fingerprint density at radius 3 is 2.25 bits per heavy atom. The Kier molecular flexibility index (Phi) is 7.31. The van der Waals surface area contributed by atoms with Crippen LogP contribution >= 0.6 is 12.4 Å². The lowest BCUT2D eigenvalue weighted by atomic mass is 9.97. The van der Waals surface area contributed by atoms with Crippen molar-refractivity contribution in [2.24, 2.45) is 11.5 Å². The van der Waals surface area contributed by atoms with Gasteiger partial charge in [0.2, 0.25) is 0 Å². The lowest BCUT2D eigenvalue weighted by molar-refractivity contribution is 0.591. The van der Waals surface area contributed by atoms with Crippen LogP contribution in [0.15, 0.2) is 54.6 Å². The summed E-state index contributed by atoms with van der Waals surface area (Å²) in [6, 6.07) is 19.0. The van der Waals surface area contributed by atoms with Crippen LogP contribution in [0.5, 0.6) is 0 Å². The first kappa shape index (κ1) is 16.7. The van der Waals surface area contributed by atoms with E-state index in [1.807, 2.05) is 6.07 Å². The van der Waals surface area contributed by atoms with Crippen LogP contribution in [0, 0.1) is 0 Å². The summed E-state index contributed by atoms with van der Waals surface area (Å²) in [5.41, 5.74) is 15.4. The van der Waals surface area contributed by atoms with Gasteiger partial charge in [-0.15, -0.1) is 12.4 Å². The van der Waals surface area contributed by atoms with E-state index in [1.54, 1.807) is 0 Å². The van der Waals surface area contributed by atoms with Gasteiger partial charge in [-0.25, -0.2) is 0 Å². The molecule has 0 unspecified atom stereocenters. The van der Waals surface area contributed by atoms with Gasteiger partial charge in [-0.3, -0.25) is 0 Å². The Hall–Kier alpha value is -1.35. The fourth-order valence-corrected chi connectivity index (χ4v) is 2.25. The standard InChI is InChI=1S/C17H22N2.ClH/c18-12-5-4-11-17(19)16-10-6-9-15(13-16)14-7-2-1-3-8-14;/h1-3,6-10,13,17H,4-5,11-12,18-19H2;1H/t17-;/m0./s1. The second-order valence-electron chi connectivity index (χ2n) is 4.88. The van der Waals surface area contributed by atoms with E-state index in [-0.39, 0.29) is 18.4 Å². The van der Waals surface area contributed by atoms with Crippen molar-refractivity contribution in [1.29, 1.82) is 0 Å². The summed E-state index contributed by atoms with van der Waals surface area (Å²) in [4.78, 5) is 0. The summed E-state index contributed by atoms with van der Waals surface area (Å²) in [5, 5.41) is 0. The summed E-state index contributed by atoms with van der Waals surface area (Å²) in [6.07, 6.45) is 3.13. The SMILES string of the molecule is Cl.NCCCC[C@H](N)c1cccc(-c2ccccc2)c1. The number of hydrogen-bond donors (Lipinski definition) is 2. The van der Waals surface area contributed by atoms with E-state index < -0.39 is 0 Å². The van der Waals surface area contributed by atoms with Gasteiger partial charge in [0, 0.05) is 6.04 Å². The zero-order valence-electron chi connectivity index (χ0n) is 11.7. The molecule has 1 atom stereocenters. The normalized spacial score (nSPS) is 11.7. The molecule has 0 radical (unpaired) electrons. The van der Waals surface area contributed by atoms with Crippen molar-refractivity contribution in [2.75, 3.05) is 6.54 Å². The first-order valence-electron chi connectivity index (χ1n) is 6.92. The van der Waals surface area contributed by atoms with E-state index >= 15 is 0 Å². The van der Waals surface area contributed by atoms with Gasteiger partial charge in [0.25, 0.3) is 0 Å². The number of rotatable bonds is 6. The molecule has 2 rings (SSSR count). The molecule has 2 nitrogen and oxygen atoms in total. The Morgan fingerprint density at radius 1 is 0.850 bits per heavy atom. The molecule has 3 heteroatoms. The molecule has 4 N–H and O–H groups in total. The van der Waals surface area contributed by atoms with Gasteiger partial charge in [0.15, 0.2) is 0 Å². The molecule has 2 aromatic rings. The number of unbranched alkanes of at least 4 members (excludes halogenated alkanes) is 1. The van der Waals surface area contributed by atoms with E-state index in [1.165, 1.54) is 16.7 Å². The average molecular weight is 291 g/mol. The van der Waals surface area contributed by atoms with Gasteiger partial charge in [-0.1, -0.05) is 55.0 Å². The van der Waals surface area contributed by atoms with Crippen molar-refractivity contribution >= 4 is 12.4 Å². The van der Waals surface area contributed by atoms with Gasteiger partial charge in [-0.05, 0) is 42.1 Å². The van der Waals surface area contributed by atoms with Gasteiger partial charge in [-0.2, -0.15) is 0 Å². The van der Waals surface area contributed by atoms with E-state index in [0.717, 1.165) is 25.8 Å². The zero-order chi connectivity index (χ0) is 13.5. The van der Waals surface area contributed by atoms with Crippen molar-refractivity contribution in [3.05, 3.63) is 60.2 Å². The third-order valence-electron chi connectivity index (χ3n) is 3.39. The largest absolute Gasteiger partial charge is 0.330 e. The lowest BCUT2D eigenvalue weighted by Gasteiger charge is -2.13. The van der Waals surface area contributed by atoms with Crippen LogP contribution in [0.3, 0.4) is 0 Å². The third-order valence-corrected chi connectivity index (χ3v) is 3.39. The van der Waals surface area contributed by atoms with Crippen LogP contribution in [0.1, 0.15) is 30.9 Å². The quantitative estimate of drug-likeness (QED) is 0.793. The first-order chi connectivity index (χ1) is 9.31. The van der Waals surface area contributed by atoms with E-state index in [2.05, 4.69) is 48.5 Å². The molecule has 2 aromatic carbocycles. The van der Waals surface area contributed by atoms with Crippen LogP contribution in [0.4, 0.5) is 0 Å². The molecule has 0 aliphatic rings. The molecule has 0 heterocycles. The molecule has 108 valence electrons. The summed E-state index contributed by atoms with van der Waals surface area (Å²) in [5.74, 6) is 0. The molecule has 20 heavy (non-hydrogen) atoms. The predicted octanol–water partition coefficient (Wildman–Crippen LogP) is 3.90. The number of halogens is 1. The smallest absolute Gasteiger partial charge is 0.0295 e. The highest BCUT2D eigenvalue weighted by molar-refractivity contribution is 5.85. The number of benzene rings is 2. The molecule has 0 saturated carbocycles. The van der Waals surface area contributed by atoms with Gasteiger partial charge in [0.05, 0.1) is 0 Å². The topological polar surface area (TPSA) is 52.0 Å². The minimum Gasteiger partial charge on any atom is -0.330 e. The predicted molar refractivity (Wildman–Crippen MR) is 89.0 cm³/mol. The summed E-state index contributed by atoms with van der Waals surface area (Å²) in [6.45, 7) is 0.747. The minimum atomic E-state index is 0. The second-order valence-corrected chi connectivity index (χ2v) is 4.88. The van der Waals surface area contributed by atoms with Crippen LogP contribution in [-0.2, 0) is 0 Å². The lowest BCUT2D eigenvalue weighted by Crippen LogP contribution is -2.11. The maximum atomic E-state index is 6.24. The molecule has 0 spiro atoms. The van der Waals surface area contributed by atoms with Crippen LogP contribution in [-0.4, -0.2) is 6.54 Å². The van der Waals surface area contributed by atoms with E-state index in [9.17, 15) is 0 Å². The van der Waals surface area contributed by atoms with Crippen LogP contribution < -0.4 is 11.5 Å². The maximum Gasteiger partial charge on any atom is 0.0295 e. The second kappa shape index (κ2) is 8.75. The maximum absolute atomic E-state index is 6.24. The van der Waals surface area contributed by atoms with E-state index in [0.29, 0.717) is 0 Å². The Morgan fingerprint density at radius 2 is 1.55 bits per heavy atom. The van der Waals surface area contributed by atoms with Crippen LogP contribution in [0.2, 0.25) is 0 Å². The van der Waals surface area contributed by atoms with Gasteiger partial charge in [0.1, 0.15) is 0 Å². The molecule has 0 bridgehead atoms. The third kappa shape index (κ3) is 4.64. The molecular weight excluding hydrogens is 268 g/mol. The van der Waals surface area contributed by atoms with Crippen molar-refractivity contribution in [3.8, 4) is 11.1 Å². The summed E-state index contributed by atoms with van der Waals surface area (Å²) < 4.78 is 0. The summed E-state index contributed by atoms with van der Waals surface area (Å²) >= 11 is 0. The van der Waals surface area contributed by atoms with Crippen molar-refractivity contribution < 1.29 is 0 Å². The van der Waals surface area contributed by atoms with E-state index in [4.69, 9.17) is 11.5 Å². The highest BCUT2D eigenvalue weighted by Gasteiger charge is 2.06. The molecule has 0 fully saturated rings. The van der Waals surface area contributed by atoms with Gasteiger partial charge < -0.3 is 11.5 Å². The molecule has 0 aliphatic carbocycles. The van der Waals surface area contributed by atoms with Crippen molar-refractivity contribution in [3.63, 3.8) is 0 Å². The number of hydrogen-bond acceptors (Lipinski definition) is 2. The average Bonchev–Trinajstić information content (AvgIpc) is 2.48. The fraction of sp³-hybridized carbons (Fsp3) is 0.294. The first-order valence-corrected chi connectivity index (χ1v) is 6.92. The van der Waals surface area contributed by atoms with Crippen molar-refractivity contribution in [2.45, 2.75) is 25.3 Å². The molecule has 0 amide bonds. The number of nitrogens with two attached hydrogens (primary N) is 2. The van der Waals surface area contributed by atoms with Crippen molar-refractivity contribution in [1.82, 2.24) is 0 Å². The van der Waals surface area contributed by atoms with Gasteiger partial charge >= 0.3 is 0 Å². The Labute approximate surface area is 127 Å². The molecule has 0 aliphatic heterocycles. The molecule has 0 saturated heterocycles. The Bertz CT molecular complexity index is 499. The molecule has 0 aromatic heterocycles. The summed E-state index contributed by atoms with van der Waals surface area (Å²) in [7, 11) is 0. The molecular formula is C17H23ClN2. The zero-order valence-corrected chi connectivity index (χ0v) is 12.5. The minimum absolute atomic E-state index is 0. The van der Waals surface area contributed by atoms with Crippen LogP contribution in [0.25, 0.3) is 11.1 Å². The Balaban J connectivity index is 0.00000200. The fourth-order valence-electron chi connectivity index (χ4n) is 2.25. The monoisotopic (exact) mass is 290 g/mol. The highest BCUT2D eigenvalue weighted by atomic mass is 35.5.